The number of hydrogen-bond acceptors (Lipinski definition) is 3. The summed E-state index contributed by atoms with van der Waals surface area (Å²) in [4.78, 5) is 16.9. The molecule has 0 bridgehead atoms. The molecule has 8 heteroatoms. The number of carbonyl (C=O) groups is 1. The maximum atomic E-state index is 13.3. The summed E-state index contributed by atoms with van der Waals surface area (Å²) in [5.41, 5.74) is 3.49. The van der Waals surface area contributed by atoms with Crippen LogP contribution in [0, 0.1) is 12.7 Å². The van der Waals surface area contributed by atoms with Crippen LogP contribution in [0.25, 0.3) is 22.2 Å². The van der Waals surface area contributed by atoms with E-state index in [4.69, 9.17) is 23.2 Å². The van der Waals surface area contributed by atoms with Crippen LogP contribution in [0.2, 0.25) is 10.0 Å². The molecule has 0 saturated carbocycles. The predicted octanol–water partition coefficient (Wildman–Crippen LogP) is 5.49. The Morgan fingerprint density at radius 1 is 1.14 bits per heavy atom. The van der Waals surface area contributed by atoms with E-state index in [9.17, 15) is 9.18 Å². The molecule has 0 fully saturated rings. The van der Waals surface area contributed by atoms with Crippen molar-refractivity contribution >= 4 is 45.8 Å². The molecule has 2 aromatic carbocycles. The second kappa shape index (κ2) is 7.81. The molecule has 29 heavy (non-hydrogen) atoms. The summed E-state index contributed by atoms with van der Waals surface area (Å²) in [6.45, 7) is 1.81. The lowest BCUT2D eigenvalue weighted by Gasteiger charge is -2.08. The summed E-state index contributed by atoms with van der Waals surface area (Å²) >= 11 is 12.0. The molecule has 0 aliphatic carbocycles. The second-order valence-corrected chi connectivity index (χ2v) is 7.32. The van der Waals surface area contributed by atoms with Gasteiger partial charge < -0.3 is 5.32 Å². The van der Waals surface area contributed by atoms with Crippen LogP contribution in [0.15, 0.2) is 54.7 Å². The monoisotopic (exact) mass is 428 g/mol. The first kappa shape index (κ1) is 19.4. The molecular weight excluding hydrogens is 414 g/mol. The minimum Gasteiger partial charge on any atom is -0.323 e. The number of hydrogen-bond donors (Lipinski definition) is 1. The van der Waals surface area contributed by atoms with Crippen LogP contribution in [-0.2, 0) is 11.3 Å². The Kier molecular flexibility index (Phi) is 5.22. The van der Waals surface area contributed by atoms with Gasteiger partial charge in [0.05, 0.1) is 16.4 Å². The fourth-order valence-electron chi connectivity index (χ4n) is 3.18. The Labute approximate surface area is 176 Å². The van der Waals surface area contributed by atoms with Gasteiger partial charge in [0.25, 0.3) is 0 Å². The van der Waals surface area contributed by atoms with Crippen LogP contribution in [0.3, 0.4) is 0 Å². The summed E-state index contributed by atoms with van der Waals surface area (Å²) < 4.78 is 14.8. The zero-order valence-corrected chi connectivity index (χ0v) is 16.8. The molecule has 146 valence electrons. The maximum absolute atomic E-state index is 13.3. The molecule has 0 atom stereocenters. The Balaban J connectivity index is 1.66. The number of anilines is 1. The topological polar surface area (TPSA) is 59.8 Å². The average molecular weight is 429 g/mol. The molecule has 0 aliphatic rings. The number of fused-ring (bicyclic) bond motifs is 1. The van der Waals surface area contributed by atoms with Gasteiger partial charge in [-0.3, -0.25) is 4.79 Å². The normalized spacial score (nSPS) is 11.0. The van der Waals surface area contributed by atoms with Gasteiger partial charge in [0.15, 0.2) is 5.65 Å². The number of benzene rings is 2. The molecule has 2 heterocycles. The molecule has 4 rings (SSSR count). The van der Waals surface area contributed by atoms with Crippen molar-refractivity contribution in [2.45, 2.75) is 13.5 Å². The highest BCUT2D eigenvalue weighted by atomic mass is 35.5. The van der Waals surface area contributed by atoms with Gasteiger partial charge in [-0.05, 0) is 54.4 Å². The average Bonchev–Trinajstić information content (AvgIpc) is 3.00. The van der Waals surface area contributed by atoms with Crippen LogP contribution in [-0.4, -0.2) is 20.7 Å². The van der Waals surface area contributed by atoms with E-state index >= 15 is 0 Å². The number of nitrogens with one attached hydrogen (secondary N) is 1. The van der Waals surface area contributed by atoms with E-state index in [0.717, 1.165) is 22.2 Å². The second-order valence-electron chi connectivity index (χ2n) is 6.48. The van der Waals surface area contributed by atoms with Gasteiger partial charge in [0.1, 0.15) is 12.4 Å². The van der Waals surface area contributed by atoms with Gasteiger partial charge in [-0.2, -0.15) is 5.10 Å². The third kappa shape index (κ3) is 3.95. The van der Waals surface area contributed by atoms with E-state index in [1.165, 1.54) is 16.8 Å². The van der Waals surface area contributed by atoms with Crippen molar-refractivity contribution in [2.24, 2.45) is 0 Å². The molecule has 0 radical (unpaired) electrons. The Hall–Kier alpha value is -2.96. The molecular formula is C21H15Cl2FN4O. The molecule has 2 aromatic heterocycles. The predicted molar refractivity (Wildman–Crippen MR) is 113 cm³/mol. The number of aryl methyl sites for hydroxylation is 1. The summed E-state index contributed by atoms with van der Waals surface area (Å²) in [6.07, 6.45) is 1.65. The van der Waals surface area contributed by atoms with Gasteiger partial charge in [-0.15, -0.1) is 0 Å². The van der Waals surface area contributed by atoms with E-state index in [0.29, 0.717) is 21.4 Å². The third-order valence-corrected chi connectivity index (χ3v) is 5.01. The van der Waals surface area contributed by atoms with Gasteiger partial charge in [-0.1, -0.05) is 35.3 Å². The summed E-state index contributed by atoms with van der Waals surface area (Å²) in [5.74, 6) is -0.600. The van der Waals surface area contributed by atoms with E-state index in [1.54, 1.807) is 36.5 Å². The third-order valence-electron chi connectivity index (χ3n) is 4.46. The van der Waals surface area contributed by atoms with Gasteiger partial charge in [0.2, 0.25) is 5.91 Å². The Bertz CT molecular complexity index is 1220. The number of rotatable bonds is 4. The first-order valence-electron chi connectivity index (χ1n) is 8.75. The van der Waals surface area contributed by atoms with E-state index in [2.05, 4.69) is 15.4 Å². The highest BCUT2D eigenvalue weighted by Gasteiger charge is 2.16. The Morgan fingerprint density at radius 2 is 1.90 bits per heavy atom. The van der Waals surface area contributed by atoms with Gasteiger partial charge >= 0.3 is 0 Å². The lowest BCUT2D eigenvalue weighted by atomic mass is 10.0. The van der Waals surface area contributed by atoms with Crippen LogP contribution in [0.4, 0.5) is 10.1 Å². The maximum Gasteiger partial charge on any atom is 0.246 e. The first-order chi connectivity index (χ1) is 13.9. The lowest BCUT2D eigenvalue weighted by molar-refractivity contribution is -0.116. The summed E-state index contributed by atoms with van der Waals surface area (Å²) in [5, 5.41) is 8.88. The molecule has 0 saturated heterocycles. The quantitative estimate of drug-likeness (QED) is 0.467. The SMILES string of the molecule is Cc1nn(CC(=O)Nc2ccc(Cl)cc2Cl)c2nccc(-c3ccc(F)cc3)c12. The highest BCUT2D eigenvalue weighted by molar-refractivity contribution is 6.36. The molecule has 1 N–H and O–H groups in total. The van der Waals surface area contributed by atoms with Crippen LogP contribution >= 0.6 is 23.2 Å². The summed E-state index contributed by atoms with van der Waals surface area (Å²) in [7, 11) is 0. The van der Waals surface area contributed by atoms with Crippen molar-refractivity contribution in [3.63, 3.8) is 0 Å². The van der Waals surface area contributed by atoms with Crippen molar-refractivity contribution < 1.29 is 9.18 Å². The number of amides is 1. The van der Waals surface area contributed by atoms with Crippen LogP contribution < -0.4 is 5.32 Å². The Morgan fingerprint density at radius 3 is 2.62 bits per heavy atom. The number of halogens is 3. The number of carbonyl (C=O) groups excluding carboxylic acids is 1. The van der Waals surface area contributed by atoms with Gasteiger partial charge in [0, 0.05) is 16.6 Å². The highest BCUT2D eigenvalue weighted by Crippen LogP contribution is 2.30. The number of nitrogens with zero attached hydrogens (tertiary/aromatic N) is 3. The van der Waals surface area contributed by atoms with Crippen molar-refractivity contribution in [1.82, 2.24) is 14.8 Å². The standard InChI is InChI=1S/C21H15Cl2FN4O/c1-12-20-16(13-2-5-15(24)6-3-13)8-9-25-21(20)28(27-12)11-19(29)26-18-7-4-14(22)10-17(18)23/h2-10H,11H2,1H3,(H,26,29). The molecule has 4 aromatic rings. The van der Waals surface area contributed by atoms with E-state index in [1.807, 2.05) is 13.0 Å². The fraction of sp³-hybridized carbons (Fsp3) is 0.0952. The van der Waals surface area contributed by atoms with Crippen molar-refractivity contribution in [2.75, 3.05) is 5.32 Å². The number of aromatic nitrogens is 3. The van der Waals surface area contributed by atoms with Crippen molar-refractivity contribution in [1.29, 1.82) is 0 Å². The summed E-state index contributed by atoms with van der Waals surface area (Å²) in [6, 6.07) is 12.9. The van der Waals surface area contributed by atoms with Gasteiger partial charge in [-0.25, -0.2) is 14.1 Å². The molecule has 0 spiro atoms. The fourth-order valence-corrected chi connectivity index (χ4v) is 3.63. The minimum atomic E-state index is -0.302. The molecule has 5 nitrogen and oxygen atoms in total. The first-order valence-corrected chi connectivity index (χ1v) is 9.51. The molecule has 0 unspecified atom stereocenters. The van der Waals surface area contributed by atoms with Crippen molar-refractivity contribution in [3.8, 4) is 11.1 Å². The lowest BCUT2D eigenvalue weighted by Crippen LogP contribution is -2.20. The zero-order chi connectivity index (χ0) is 20.5. The number of pyridine rings is 1. The van der Waals surface area contributed by atoms with E-state index < -0.39 is 0 Å². The largest absolute Gasteiger partial charge is 0.323 e. The van der Waals surface area contributed by atoms with Crippen LogP contribution in [0.5, 0.6) is 0 Å². The van der Waals surface area contributed by atoms with E-state index in [-0.39, 0.29) is 18.3 Å². The molecule has 0 aliphatic heterocycles. The molecule has 1 amide bonds. The van der Waals surface area contributed by atoms with Crippen LogP contribution in [0.1, 0.15) is 5.69 Å². The zero-order valence-electron chi connectivity index (χ0n) is 15.3. The smallest absolute Gasteiger partial charge is 0.246 e. The van der Waals surface area contributed by atoms with Crippen molar-refractivity contribution in [3.05, 3.63) is 76.3 Å². The minimum absolute atomic E-state index is 0.0385.